The largest absolute Gasteiger partial charge is 0.311 e. The van der Waals surface area contributed by atoms with E-state index < -0.39 is 0 Å². The number of benzene rings is 13. The third-order valence-corrected chi connectivity index (χ3v) is 17.4. The van der Waals surface area contributed by atoms with E-state index in [1.165, 1.54) is 49.8 Å². The highest BCUT2D eigenvalue weighted by Crippen LogP contribution is 2.48. The molecule has 0 aliphatic carbocycles. The maximum Gasteiger partial charge on any atom is 0.252 e. The van der Waals surface area contributed by atoms with E-state index in [2.05, 4.69) is 306 Å². The molecule has 86 heavy (non-hydrogen) atoms. The molecule has 0 bridgehead atoms. The SMILES string of the molecule is N#Cc1cc(C#N)cc(-c2ccccc2-n2c3ccccc3c3cc(-c4cc5c6c(c4)N(c4ccc(-c7ccccc7)cc4)c4ccc(-c7ccccc7)cc4B6c4cc(-c6ccccc6)ccc4N5c4ccc(-c5ccccc5)cc4)ccc32)c1. The number of nitrogens with zero attached hydrogens (tertiary/aromatic N) is 5. The Bertz CT molecular complexity index is 4830. The van der Waals surface area contributed by atoms with E-state index in [0.29, 0.717) is 11.1 Å². The Morgan fingerprint density at radius 2 is 0.674 bits per heavy atom. The van der Waals surface area contributed by atoms with Gasteiger partial charge < -0.3 is 14.4 Å². The second kappa shape index (κ2) is 20.6. The van der Waals surface area contributed by atoms with Gasteiger partial charge in [-0.1, -0.05) is 212 Å². The van der Waals surface area contributed by atoms with Crippen molar-refractivity contribution in [2.75, 3.05) is 9.80 Å². The molecule has 14 aromatic rings. The average molecular weight is 1090 g/mol. The fourth-order valence-corrected chi connectivity index (χ4v) is 13.5. The summed E-state index contributed by atoms with van der Waals surface area (Å²) in [6.45, 7) is -0.148. The van der Waals surface area contributed by atoms with Crippen LogP contribution in [-0.2, 0) is 0 Å². The summed E-state index contributed by atoms with van der Waals surface area (Å²) >= 11 is 0. The summed E-state index contributed by atoms with van der Waals surface area (Å²) in [5.74, 6) is 0. The van der Waals surface area contributed by atoms with Gasteiger partial charge in [0, 0.05) is 50.5 Å². The van der Waals surface area contributed by atoms with Gasteiger partial charge in [-0.15, -0.1) is 0 Å². The smallest absolute Gasteiger partial charge is 0.252 e. The van der Waals surface area contributed by atoms with Gasteiger partial charge in [0.2, 0.25) is 0 Å². The van der Waals surface area contributed by atoms with Crippen molar-refractivity contribution in [3.05, 3.63) is 314 Å². The summed E-state index contributed by atoms with van der Waals surface area (Å²) in [6, 6.07) is 114. The van der Waals surface area contributed by atoms with Crippen LogP contribution in [0, 0.1) is 22.7 Å². The quantitative estimate of drug-likeness (QED) is 0.135. The van der Waals surface area contributed by atoms with E-state index >= 15 is 0 Å². The molecule has 0 spiro atoms. The summed E-state index contributed by atoms with van der Waals surface area (Å²) in [7, 11) is 0. The first-order valence-electron chi connectivity index (χ1n) is 29.1. The highest BCUT2D eigenvalue weighted by atomic mass is 15.2. The van der Waals surface area contributed by atoms with Crippen LogP contribution in [0.3, 0.4) is 0 Å². The number of anilines is 6. The Morgan fingerprint density at radius 1 is 0.267 bits per heavy atom. The fraction of sp³-hybridized carbons (Fsp3) is 0. The second-order valence-electron chi connectivity index (χ2n) is 22.3. The lowest BCUT2D eigenvalue weighted by atomic mass is 9.33. The van der Waals surface area contributed by atoms with E-state index in [-0.39, 0.29) is 6.71 Å². The first-order valence-corrected chi connectivity index (χ1v) is 29.1. The van der Waals surface area contributed by atoms with Crippen molar-refractivity contribution >= 4 is 79.0 Å². The minimum atomic E-state index is -0.148. The number of para-hydroxylation sites is 2. The number of fused-ring (bicyclic) bond motifs is 7. The average Bonchev–Trinajstić information content (AvgIpc) is 1.02. The molecule has 0 unspecified atom stereocenters. The summed E-state index contributed by atoms with van der Waals surface area (Å²) in [5.41, 5.74) is 27.5. The van der Waals surface area contributed by atoms with Gasteiger partial charge in [-0.25, -0.2) is 0 Å². The van der Waals surface area contributed by atoms with Crippen molar-refractivity contribution in [3.8, 4) is 84.6 Å². The van der Waals surface area contributed by atoms with Gasteiger partial charge in [0.1, 0.15) is 0 Å². The number of hydrogen-bond donors (Lipinski definition) is 0. The number of aromatic nitrogens is 1. The number of rotatable bonds is 9. The van der Waals surface area contributed by atoms with Crippen LogP contribution in [0.1, 0.15) is 11.1 Å². The predicted octanol–water partition coefficient (Wildman–Crippen LogP) is 18.6. The van der Waals surface area contributed by atoms with Crippen molar-refractivity contribution in [3.63, 3.8) is 0 Å². The van der Waals surface area contributed by atoms with Gasteiger partial charge in [0.05, 0.1) is 40.0 Å². The molecule has 2 aliphatic rings. The molecule has 0 fully saturated rings. The van der Waals surface area contributed by atoms with Gasteiger partial charge in [-0.3, -0.25) is 0 Å². The maximum absolute atomic E-state index is 10.1. The second-order valence-corrected chi connectivity index (χ2v) is 22.3. The third kappa shape index (κ3) is 8.39. The number of nitriles is 2. The van der Waals surface area contributed by atoms with Gasteiger partial charge in [0.25, 0.3) is 6.71 Å². The molecule has 0 N–H and O–H groups in total. The molecular weight excluding hydrogens is 1040 g/mol. The zero-order chi connectivity index (χ0) is 57.2. The predicted molar refractivity (Wildman–Crippen MR) is 357 cm³/mol. The maximum atomic E-state index is 10.1. The fourth-order valence-electron chi connectivity index (χ4n) is 13.5. The molecule has 13 aromatic carbocycles. The molecule has 3 heterocycles. The zero-order valence-electron chi connectivity index (χ0n) is 46.7. The Labute approximate surface area is 500 Å². The lowest BCUT2D eigenvalue weighted by Crippen LogP contribution is -2.61. The Hall–Kier alpha value is -11.7. The minimum absolute atomic E-state index is 0.148. The van der Waals surface area contributed by atoms with Gasteiger partial charge in [-0.05, 0) is 169 Å². The van der Waals surface area contributed by atoms with Crippen LogP contribution in [0.5, 0.6) is 0 Å². The van der Waals surface area contributed by atoms with Crippen LogP contribution in [0.25, 0.3) is 94.3 Å². The van der Waals surface area contributed by atoms with Gasteiger partial charge in [-0.2, -0.15) is 10.5 Å². The van der Waals surface area contributed by atoms with E-state index in [1.54, 1.807) is 6.07 Å². The van der Waals surface area contributed by atoms with Crippen molar-refractivity contribution in [1.82, 2.24) is 4.57 Å². The molecule has 1 aromatic heterocycles. The van der Waals surface area contributed by atoms with Crippen LogP contribution < -0.4 is 26.2 Å². The molecule has 16 rings (SSSR count). The Balaban J connectivity index is 0.964. The number of hydrogen-bond acceptors (Lipinski definition) is 4. The molecule has 2 aliphatic heterocycles. The van der Waals surface area contributed by atoms with E-state index in [4.69, 9.17) is 0 Å². The lowest BCUT2D eigenvalue weighted by molar-refractivity contribution is 1.18. The van der Waals surface area contributed by atoms with Gasteiger partial charge >= 0.3 is 0 Å². The van der Waals surface area contributed by atoms with E-state index in [1.807, 2.05) is 18.2 Å². The first kappa shape index (κ1) is 50.1. The standard InChI is InChI=1S/C80H50BN5/c82-51-53-43-54(52-83)45-65(44-53)68-25-13-15-27-73(68)86-74-28-16-14-26-69(74)70-46-61(33-40-75(70)86)64-49-78-80-79(50-64)85(67-38-31-60(32-39-67)56-19-7-2-8-20-56)77-42-35-63(58-23-11-4-12-24-58)48-72(77)81(80)71-47-62(57-21-9-3-10-22-57)34-41-76(71)84(78)66-36-29-59(30-37-66)55-17-5-1-6-18-55/h1-50H. The molecule has 0 radical (unpaired) electrons. The van der Waals surface area contributed by atoms with E-state index in [9.17, 15) is 10.5 Å². The Morgan fingerprint density at radius 3 is 1.19 bits per heavy atom. The molecule has 0 saturated heterocycles. The van der Waals surface area contributed by atoms with Crippen LogP contribution in [-0.4, -0.2) is 11.3 Å². The van der Waals surface area contributed by atoms with Crippen molar-refractivity contribution in [2.24, 2.45) is 0 Å². The van der Waals surface area contributed by atoms with Crippen LogP contribution in [0.4, 0.5) is 34.1 Å². The van der Waals surface area contributed by atoms with Crippen molar-refractivity contribution in [2.45, 2.75) is 0 Å². The lowest BCUT2D eigenvalue weighted by Gasteiger charge is -2.44. The highest BCUT2D eigenvalue weighted by Gasteiger charge is 2.44. The zero-order valence-corrected chi connectivity index (χ0v) is 46.7. The molecule has 0 atom stereocenters. The van der Waals surface area contributed by atoms with Crippen LogP contribution in [0.15, 0.2) is 303 Å². The monoisotopic (exact) mass is 1090 g/mol. The summed E-state index contributed by atoms with van der Waals surface area (Å²) in [5, 5.41) is 22.3. The van der Waals surface area contributed by atoms with Crippen molar-refractivity contribution < 1.29 is 0 Å². The van der Waals surface area contributed by atoms with Gasteiger partial charge in [0.15, 0.2) is 0 Å². The molecule has 0 saturated carbocycles. The highest BCUT2D eigenvalue weighted by molar-refractivity contribution is 7.00. The molecule has 398 valence electrons. The molecular formula is C80H50BN5. The van der Waals surface area contributed by atoms with Crippen LogP contribution >= 0.6 is 0 Å². The summed E-state index contributed by atoms with van der Waals surface area (Å²) in [6.07, 6.45) is 0. The molecule has 5 nitrogen and oxygen atoms in total. The first-order chi connectivity index (χ1) is 42.5. The van der Waals surface area contributed by atoms with Crippen molar-refractivity contribution in [1.29, 1.82) is 10.5 Å². The third-order valence-electron chi connectivity index (χ3n) is 17.4. The van der Waals surface area contributed by atoms with Crippen LogP contribution in [0.2, 0.25) is 0 Å². The summed E-state index contributed by atoms with van der Waals surface area (Å²) in [4.78, 5) is 5.03. The topological polar surface area (TPSA) is 59.0 Å². The minimum Gasteiger partial charge on any atom is -0.311 e. The summed E-state index contributed by atoms with van der Waals surface area (Å²) < 4.78 is 2.33. The Kier molecular flexibility index (Phi) is 12.0. The molecule has 0 amide bonds. The molecule has 6 heteroatoms. The normalized spacial score (nSPS) is 12.1. The van der Waals surface area contributed by atoms with E-state index in [0.717, 1.165) is 95.0 Å².